The van der Waals surface area contributed by atoms with Gasteiger partial charge in [-0.2, -0.15) is 0 Å². The van der Waals surface area contributed by atoms with Crippen LogP contribution in [0.5, 0.6) is 0 Å². The number of carbonyl (C=O) groups excluding carboxylic acids is 1. The zero-order chi connectivity index (χ0) is 15.6. The lowest BCUT2D eigenvalue weighted by atomic mass is 9.85. The van der Waals surface area contributed by atoms with E-state index in [0.717, 1.165) is 19.3 Å². The normalized spacial score (nSPS) is 33.0. The fraction of sp³-hybridized carbons (Fsp3) is 0.867. The average Bonchev–Trinajstić information content (AvgIpc) is 2.90. The maximum absolute atomic E-state index is 12.7. The largest absolute Gasteiger partial charge is 0.480 e. The maximum atomic E-state index is 12.7. The van der Waals surface area contributed by atoms with Gasteiger partial charge in [-0.3, -0.25) is 0 Å². The van der Waals surface area contributed by atoms with Gasteiger partial charge >= 0.3 is 12.0 Å². The molecule has 1 aliphatic carbocycles. The van der Waals surface area contributed by atoms with Gasteiger partial charge in [0.05, 0.1) is 6.10 Å². The summed E-state index contributed by atoms with van der Waals surface area (Å²) in [4.78, 5) is 27.3. The number of methoxy groups -OCH3 is 1. The van der Waals surface area contributed by atoms with Crippen LogP contribution in [0.3, 0.4) is 0 Å². The van der Waals surface area contributed by atoms with Gasteiger partial charge in [0.15, 0.2) is 0 Å². The molecule has 21 heavy (non-hydrogen) atoms. The van der Waals surface area contributed by atoms with Crippen LogP contribution in [-0.4, -0.2) is 65.8 Å². The number of likely N-dealkylation sites (tertiary alicyclic amines) is 1. The van der Waals surface area contributed by atoms with Crippen molar-refractivity contribution in [1.82, 2.24) is 9.80 Å². The summed E-state index contributed by atoms with van der Waals surface area (Å²) in [5.74, 6) is -0.482. The summed E-state index contributed by atoms with van der Waals surface area (Å²) in [5, 5.41) is 9.32. The van der Waals surface area contributed by atoms with Gasteiger partial charge in [0.2, 0.25) is 0 Å². The van der Waals surface area contributed by atoms with Crippen molar-refractivity contribution < 1.29 is 19.4 Å². The predicted molar refractivity (Wildman–Crippen MR) is 78.1 cm³/mol. The van der Waals surface area contributed by atoms with E-state index in [2.05, 4.69) is 6.92 Å². The highest BCUT2D eigenvalue weighted by atomic mass is 16.5. The number of hydrogen-bond donors (Lipinski definition) is 1. The SMILES string of the molecule is COC1CC(C(=O)O)N(C(=O)N(C)C2CCCCC2C)C1. The quantitative estimate of drug-likeness (QED) is 0.862. The van der Waals surface area contributed by atoms with Gasteiger partial charge in [0, 0.05) is 33.2 Å². The first kappa shape index (κ1) is 16.1. The van der Waals surface area contributed by atoms with Crippen LogP contribution in [0.4, 0.5) is 4.79 Å². The number of carbonyl (C=O) groups is 2. The molecule has 4 unspecified atom stereocenters. The molecule has 6 heteroatoms. The summed E-state index contributed by atoms with van der Waals surface area (Å²) in [7, 11) is 3.36. The van der Waals surface area contributed by atoms with E-state index in [0.29, 0.717) is 18.9 Å². The number of nitrogens with zero attached hydrogens (tertiary/aromatic N) is 2. The Hall–Kier alpha value is -1.30. The van der Waals surface area contributed by atoms with E-state index in [1.807, 2.05) is 0 Å². The molecule has 0 aromatic heterocycles. The van der Waals surface area contributed by atoms with E-state index in [1.165, 1.54) is 11.3 Å². The molecule has 2 amide bonds. The van der Waals surface area contributed by atoms with E-state index in [9.17, 15) is 14.7 Å². The Kier molecular flexibility index (Phi) is 5.08. The number of carboxylic acids is 1. The van der Waals surface area contributed by atoms with E-state index in [-0.39, 0.29) is 18.2 Å². The standard InChI is InChI=1S/C15H26N2O4/c1-10-6-4-5-7-12(10)16(2)15(20)17-9-11(21-3)8-13(17)14(18)19/h10-13H,4-9H2,1-3H3,(H,18,19). The molecular formula is C15H26N2O4. The molecule has 2 rings (SSSR count). The molecular weight excluding hydrogens is 272 g/mol. The molecule has 6 nitrogen and oxygen atoms in total. The monoisotopic (exact) mass is 298 g/mol. The Morgan fingerprint density at radius 3 is 2.52 bits per heavy atom. The van der Waals surface area contributed by atoms with E-state index in [1.54, 1.807) is 19.1 Å². The predicted octanol–water partition coefficient (Wildman–Crippen LogP) is 1.79. The second-order valence-corrected chi connectivity index (χ2v) is 6.32. The fourth-order valence-electron chi connectivity index (χ4n) is 3.63. The lowest BCUT2D eigenvalue weighted by Gasteiger charge is -2.38. The minimum Gasteiger partial charge on any atom is -0.480 e. The van der Waals surface area contributed by atoms with Crippen LogP contribution in [0.15, 0.2) is 0 Å². The second kappa shape index (κ2) is 6.64. The number of amides is 2. The fourth-order valence-corrected chi connectivity index (χ4v) is 3.63. The van der Waals surface area contributed by atoms with Crippen LogP contribution in [0, 0.1) is 5.92 Å². The van der Waals surface area contributed by atoms with Crippen molar-refractivity contribution in [3.05, 3.63) is 0 Å². The van der Waals surface area contributed by atoms with Gasteiger partial charge < -0.3 is 19.6 Å². The summed E-state index contributed by atoms with van der Waals surface area (Å²) < 4.78 is 5.24. The highest BCUT2D eigenvalue weighted by Gasteiger charge is 2.42. The second-order valence-electron chi connectivity index (χ2n) is 6.32. The van der Waals surface area contributed by atoms with Gasteiger partial charge in [0.25, 0.3) is 0 Å². The zero-order valence-electron chi connectivity index (χ0n) is 13.1. The van der Waals surface area contributed by atoms with Crippen LogP contribution in [0.1, 0.15) is 39.0 Å². The lowest BCUT2D eigenvalue weighted by Crippen LogP contribution is -2.52. The van der Waals surface area contributed by atoms with Crippen molar-refractivity contribution in [3.8, 4) is 0 Å². The number of rotatable bonds is 3. The van der Waals surface area contributed by atoms with Gasteiger partial charge in [-0.15, -0.1) is 0 Å². The number of aliphatic carboxylic acids is 1. The Bertz CT molecular complexity index is 401. The molecule has 1 heterocycles. The first-order valence-electron chi connectivity index (χ1n) is 7.74. The summed E-state index contributed by atoms with van der Waals surface area (Å²) >= 11 is 0. The van der Waals surface area contributed by atoms with Crippen LogP contribution in [0.25, 0.3) is 0 Å². The van der Waals surface area contributed by atoms with E-state index < -0.39 is 12.0 Å². The number of carboxylic acid groups (broad SMARTS) is 1. The van der Waals surface area contributed by atoms with Crippen molar-refractivity contribution in [3.63, 3.8) is 0 Å². The van der Waals surface area contributed by atoms with Gasteiger partial charge in [0.1, 0.15) is 6.04 Å². The first-order chi connectivity index (χ1) is 9.95. The van der Waals surface area contributed by atoms with Crippen molar-refractivity contribution >= 4 is 12.0 Å². The highest BCUT2D eigenvalue weighted by molar-refractivity contribution is 5.83. The minimum atomic E-state index is -0.951. The number of ether oxygens (including phenoxy) is 1. The van der Waals surface area contributed by atoms with Crippen LogP contribution < -0.4 is 0 Å². The summed E-state index contributed by atoms with van der Waals surface area (Å²) in [6, 6.07) is -0.744. The third-order valence-electron chi connectivity index (χ3n) is 4.99. The molecule has 0 bridgehead atoms. The van der Waals surface area contributed by atoms with Crippen molar-refractivity contribution in [2.24, 2.45) is 5.92 Å². The number of hydrogen-bond acceptors (Lipinski definition) is 3. The molecule has 1 saturated carbocycles. The van der Waals surface area contributed by atoms with E-state index >= 15 is 0 Å². The molecule has 1 aliphatic heterocycles. The third-order valence-corrected chi connectivity index (χ3v) is 4.99. The Morgan fingerprint density at radius 1 is 1.29 bits per heavy atom. The lowest BCUT2D eigenvalue weighted by molar-refractivity contribution is -0.141. The third kappa shape index (κ3) is 3.31. The molecule has 1 saturated heterocycles. The molecule has 120 valence electrons. The summed E-state index contributed by atoms with van der Waals surface area (Å²) in [6.45, 7) is 2.53. The average molecular weight is 298 g/mol. The minimum absolute atomic E-state index is 0.180. The summed E-state index contributed by atoms with van der Waals surface area (Å²) in [5.41, 5.74) is 0. The van der Waals surface area contributed by atoms with E-state index in [4.69, 9.17) is 4.74 Å². The van der Waals surface area contributed by atoms with Crippen LogP contribution >= 0.6 is 0 Å². The Morgan fingerprint density at radius 2 is 1.95 bits per heavy atom. The number of urea groups is 1. The molecule has 2 fully saturated rings. The maximum Gasteiger partial charge on any atom is 0.326 e. The molecule has 0 spiro atoms. The molecule has 2 aliphatic rings. The van der Waals surface area contributed by atoms with Crippen LogP contribution in [0.2, 0.25) is 0 Å². The van der Waals surface area contributed by atoms with Gasteiger partial charge in [-0.25, -0.2) is 9.59 Å². The topological polar surface area (TPSA) is 70.1 Å². The highest BCUT2D eigenvalue weighted by Crippen LogP contribution is 2.29. The molecule has 4 atom stereocenters. The van der Waals surface area contributed by atoms with Crippen molar-refractivity contribution in [2.45, 2.75) is 57.2 Å². The van der Waals surface area contributed by atoms with Crippen LogP contribution in [-0.2, 0) is 9.53 Å². The van der Waals surface area contributed by atoms with Gasteiger partial charge in [-0.1, -0.05) is 19.8 Å². The molecule has 0 aromatic rings. The summed E-state index contributed by atoms with van der Waals surface area (Å²) in [6.07, 6.45) is 4.66. The zero-order valence-corrected chi connectivity index (χ0v) is 13.1. The Balaban J connectivity index is 2.08. The van der Waals surface area contributed by atoms with Gasteiger partial charge in [-0.05, 0) is 18.8 Å². The van der Waals surface area contributed by atoms with Crippen molar-refractivity contribution in [1.29, 1.82) is 0 Å². The molecule has 0 aromatic carbocycles. The Labute approximate surface area is 126 Å². The smallest absolute Gasteiger partial charge is 0.326 e. The molecule has 0 radical (unpaired) electrons. The molecule has 1 N–H and O–H groups in total. The van der Waals surface area contributed by atoms with Crippen molar-refractivity contribution in [2.75, 3.05) is 20.7 Å². The first-order valence-corrected chi connectivity index (χ1v) is 7.74.